The summed E-state index contributed by atoms with van der Waals surface area (Å²) >= 11 is 5.95. The number of rotatable bonds is 8. The van der Waals surface area contributed by atoms with E-state index in [0.717, 1.165) is 5.56 Å². The minimum atomic E-state index is -0.648. The second-order valence-electron chi connectivity index (χ2n) is 7.02. The lowest BCUT2D eigenvalue weighted by molar-refractivity contribution is -0.147. The Morgan fingerprint density at radius 3 is 2.27 bits per heavy atom. The van der Waals surface area contributed by atoms with Crippen LogP contribution in [0.1, 0.15) is 33.9 Å². The fourth-order valence-electron chi connectivity index (χ4n) is 3.02. The van der Waals surface area contributed by atoms with Gasteiger partial charge in [0.05, 0.1) is 23.0 Å². The molecule has 3 aromatic carbocycles. The van der Waals surface area contributed by atoms with Gasteiger partial charge in [0.25, 0.3) is 11.8 Å². The van der Waals surface area contributed by atoms with Crippen LogP contribution in [0.15, 0.2) is 78.9 Å². The molecule has 3 rings (SSSR count). The molecular formula is C25H20ClN3O4. The van der Waals surface area contributed by atoms with Crippen molar-refractivity contribution in [3.8, 4) is 6.07 Å². The van der Waals surface area contributed by atoms with E-state index >= 15 is 0 Å². The van der Waals surface area contributed by atoms with Gasteiger partial charge in [0.15, 0.2) is 6.61 Å². The van der Waals surface area contributed by atoms with Gasteiger partial charge < -0.3 is 15.4 Å². The second-order valence-corrected chi connectivity index (χ2v) is 7.43. The third-order valence-corrected chi connectivity index (χ3v) is 4.96. The Kier molecular flexibility index (Phi) is 8.17. The first-order valence-corrected chi connectivity index (χ1v) is 10.4. The summed E-state index contributed by atoms with van der Waals surface area (Å²) in [6.45, 7) is -0.509. The first kappa shape index (κ1) is 23.5. The fourth-order valence-corrected chi connectivity index (χ4v) is 3.24. The highest BCUT2D eigenvalue weighted by Crippen LogP contribution is 2.21. The molecule has 0 bridgehead atoms. The summed E-state index contributed by atoms with van der Waals surface area (Å²) in [5.74, 6) is -1.54. The average molecular weight is 462 g/mol. The van der Waals surface area contributed by atoms with Gasteiger partial charge in [-0.3, -0.25) is 14.4 Å². The van der Waals surface area contributed by atoms with Crippen molar-refractivity contribution in [2.24, 2.45) is 0 Å². The Labute approximate surface area is 195 Å². The van der Waals surface area contributed by atoms with E-state index in [1.54, 1.807) is 54.6 Å². The van der Waals surface area contributed by atoms with E-state index in [1.807, 2.05) is 12.1 Å². The summed E-state index contributed by atoms with van der Waals surface area (Å²) in [6.07, 6.45) is -0.154. The Balaban J connectivity index is 1.59. The molecule has 0 radical (unpaired) electrons. The maximum Gasteiger partial charge on any atom is 0.308 e. The van der Waals surface area contributed by atoms with Gasteiger partial charge in [-0.15, -0.1) is 0 Å². The predicted molar refractivity (Wildman–Crippen MR) is 123 cm³/mol. The van der Waals surface area contributed by atoms with E-state index in [4.69, 9.17) is 21.6 Å². The number of hydrogen-bond donors (Lipinski definition) is 2. The number of amides is 2. The Morgan fingerprint density at radius 2 is 1.64 bits per heavy atom. The van der Waals surface area contributed by atoms with E-state index in [9.17, 15) is 14.4 Å². The molecule has 0 fully saturated rings. The van der Waals surface area contributed by atoms with Gasteiger partial charge in [-0.1, -0.05) is 60.1 Å². The standard InChI is InChI=1S/C25H20ClN3O4/c26-21-13-20(12-11-19(21)15-27)28-23(30)16-33-24(31)14-22(17-7-3-1-4-8-17)29-25(32)18-9-5-2-6-10-18/h1-13,22H,14,16H2,(H,28,30)(H,29,32). The summed E-state index contributed by atoms with van der Waals surface area (Å²) in [5, 5.41) is 14.5. The quantitative estimate of drug-likeness (QED) is 0.487. The van der Waals surface area contributed by atoms with Crippen molar-refractivity contribution >= 4 is 35.1 Å². The summed E-state index contributed by atoms with van der Waals surface area (Å²) < 4.78 is 5.10. The van der Waals surface area contributed by atoms with Gasteiger partial charge in [0, 0.05) is 11.3 Å². The molecule has 0 saturated heterocycles. The Morgan fingerprint density at radius 1 is 0.970 bits per heavy atom. The summed E-state index contributed by atoms with van der Waals surface area (Å²) in [4.78, 5) is 37.2. The highest BCUT2D eigenvalue weighted by molar-refractivity contribution is 6.32. The zero-order chi connectivity index (χ0) is 23.6. The third kappa shape index (κ3) is 6.92. The Hall–Kier alpha value is -4.15. The zero-order valence-electron chi connectivity index (χ0n) is 17.5. The maximum absolute atomic E-state index is 12.6. The van der Waals surface area contributed by atoms with E-state index in [2.05, 4.69) is 10.6 Å². The van der Waals surface area contributed by atoms with E-state index < -0.39 is 24.5 Å². The SMILES string of the molecule is N#Cc1ccc(NC(=O)COC(=O)CC(NC(=O)c2ccccc2)c2ccccc2)cc1Cl. The van der Waals surface area contributed by atoms with E-state index in [-0.39, 0.29) is 22.9 Å². The van der Waals surface area contributed by atoms with Gasteiger partial charge in [0.1, 0.15) is 6.07 Å². The first-order valence-electron chi connectivity index (χ1n) is 10.0. The summed E-state index contributed by atoms with van der Waals surface area (Å²) in [5.41, 5.74) is 1.85. The van der Waals surface area contributed by atoms with Gasteiger partial charge in [-0.05, 0) is 35.9 Å². The fraction of sp³-hybridized carbons (Fsp3) is 0.120. The van der Waals surface area contributed by atoms with Crippen molar-refractivity contribution in [2.45, 2.75) is 12.5 Å². The minimum Gasteiger partial charge on any atom is -0.455 e. The largest absolute Gasteiger partial charge is 0.455 e. The number of esters is 1. The van der Waals surface area contributed by atoms with Gasteiger partial charge in [0.2, 0.25) is 0 Å². The van der Waals surface area contributed by atoms with Gasteiger partial charge >= 0.3 is 5.97 Å². The lowest BCUT2D eigenvalue weighted by Gasteiger charge is -2.19. The van der Waals surface area contributed by atoms with Crippen LogP contribution in [-0.4, -0.2) is 24.4 Å². The number of hydrogen-bond acceptors (Lipinski definition) is 5. The normalized spacial score (nSPS) is 11.0. The van der Waals surface area contributed by atoms with Crippen molar-refractivity contribution in [1.82, 2.24) is 5.32 Å². The van der Waals surface area contributed by atoms with Crippen molar-refractivity contribution in [2.75, 3.05) is 11.9 Å². The molecule has 0 saturated carbocycles. The molecule has 2 N–H and O–H groups in total. The summed E-state index contributed by atoms with van der Waals surface area (Å²) in [7, 11) is 0. The number of carbonyl (C=O) groups excluding carboxylic acids is 3. The van der Waals surface area contributed by atoms with Gasteiger partial charge in [-0.25, -0.2) is 0 Å². The summed E-state index contributed by atoms with van der Waals surface area (Å²) in [6, 6.07) is 23.4. The second kappa shape index (κ2) is 11.5. The molecule has 0 aliphatic heterocycles. The Bertz CT molecular complexity index is 1180. The topological polar surface area (TPSA) is 108 Å². The molecule has 0 aliphatic carbocycles. The van der Waals surface area contributed by atoms with Crippen LogP contribution in [0.5, 0.6) is 0 Å². The molecular weight excluding hydrogens is 442 g/mol. The molecule has 0 aliphatic rings. The number of halogens is 1. The van der Waals surface area contributed by atoms with Crippen LogP contribution in [0.2, 0.25) is 5.02 Å². The number of benzene rings is 3. The first-order chi connectivity index (χ1) is 16.0. The molecule has 0 spiro atoms. The maximum atomic E-state index is 12.6. The average Bonchev–Trinajstić information content (AvgIpc) is 2.83. The monoisotopic (exact) mass is 461 g/mol. The predicted octanol–water partition coefficient (Wildman–Crippen LogP) is 4.25. The molecule has 1 unspecified atom stereocenters. The van der Waals surface area contributed by atoms with Crippen molar-refractivity contribution in [3.05, 3.63) is 101 Å². The smallest absolute Gasteiger partial charge is 0.308 e. The van der Waals surface area contributed by atoms with Crippen LogP contribution in [0.3, 0.4) is 0 Å². The molecule has 0 aromatic heterocycles. The number of anilines is 1. The molecule has 7 nitrogen and oxygen atoms in total. The lowest BCUT2D eigenvalue weighted by atomic mass is 10.0. The van der Waals surface area contributed by atoms with E-state index in [0.29, 0.717) is 11.3 Å². The molecule has 1 atom stereocenters. The number of nitrogens with zero attached hydrogens (tertiary/aromatic N) is 1. The number of ether oxygens (including phenoxy) is 1. The van der Waals surface area contributed by atoms with Crippen LogP contribution in [-0.2, 0) is 14.3 Å². The van der Waals surface area contributed by atoms with Gasteiger partial charge in [-0.2, -0.15) is 5.26 Å². The minimum absolute atomic E-state index is 0.154. The van der Waals surface area contributed by atoms with Crippen LogP contribution in [0.25, 0.3) is 0 Å². The highest BCUT2D eigenvalue weighted by Gasteiger charge is 2.20. The number of carbonyl (C=O) groups is 3. The van der Waals surface area contributed by atoms with Crippen LogP contribution in [0.4, 0.5) is 5.69 Å². The molecule has 0 heterocycles. The van der Waals surface area contributed by atoms with E-state index in [1.165, 1.54) is 18.2 Å². The highest BCUT2D eigenvalue weighted by atomic mass is 35.5. The number of nitriles is 1. The third-order valence-electron chi connectivity index (χ3n) is 4.65. The lowest BCUT2D eigenvalue weighted by Crippen LogP contribution is -2.31. The molecule has 33 heavy (non-hydrogen) atoms. The molecule has 3 aromatic rings. The number of nitrogens with one attached hydrogen (secondary N) is 2. The zero-order valence-corrected chi connectivity index (χ0v) is 18.2. The van der Waals surface area contributed by atoms with Crippen molar-refractivity contribution < 1.29 is 19.1 Å². The molecule has 8 heteroatoms. The van der Waals surface area contributed by atoms with Crippen molar-refractivity contribution in [3.63, 3.8) is 0 Å². The van der Waals surface area contributed by atoms with Crippen molar-refractivity contribution in [1.29, 1.82) is 5.26 Å². The van der Waals surface area contributed by atoms with Crippen LogP contribution < -0.4 is 10.6 Å². The van der Waals surface area contributed by atoms with Crippen LogP contribution >= 0.6 is 11.6 Å². The van der Waals surface area contributed by atoms with Crippen LogP contribution in [0, 0.1) is 11.3 Å². The molecule has 166 valence electrons. The molecule has 2 amide bonds.